The molecule has 8 N–H and O–H groups in total. The fourth-order valence-electron chi connectivity index (χ4n) is 14.9. The molecule has 8 atom stereocenters. The fourth-order valence-corrected chi connectivity index (χ4v) is 14.9. The van der Waals surface area contributed by atoms with Gasteiger partial charge in [-0.1, -0.05) is 360 Å². The maximum Gasteiger partial charge on any atom is 0.0873 e. The maximum absolute atomic E-state index is 9.95. The van der Waals surface area contributed by atoms with E-state index in [2.05, 4.69) is 107 Å². The van der Waals surface area contributed by atoms with Crippen molar-refractivity contribution >= 4 is 0 Å². The Morgan fingerprint density at radius 2 is 0.446 bits per heavy atom. The average molecular weight is 2700 g/mol. The maximum atomic E-state index is 9.95. The minimum atomic E-state index is -0.441. The zero-order chi connectivity index (χ0) is 104. The smallest absolute Gasteiger partial charge is 0.0873 e. The predicted molar refractivity (Wildman–Crippen MR) is 592 cm³/mol. The molecule has 0 aliphatic carbocycles. The van der Waals surface area contributed by atoms with Crippen molar-refractivity contribution in [2.45, 2.75) is 218 Å². The van der Waals surface area contributed by atoms with Crippen LogP contribution in [0, 0.1) is 64.2 Å². The first-order valence-corrected chi connectivity index (χ1v) is 50.2. The molecule has 20 heteroatoms. The first-order valence-electron chi connectivity index (χ1n) is 50.2. The van der Waals surface area contributed by atoms with Gasteiger partial charge in [-0.15, -0.1) is 144 Å². The summed E-state index contributed by atoms with van der Waals surface area (Å²) < 4.78 is 0. The van der Waals surface area contributed by atoms with Crippen molar-refractivity contribution in [1.29, 1.82) is 0 Å². The van der Waals surface area contributed by atoms with Crippen LogP contribution in [0.3, 0.4) is 0 Å². The molecule has 0 amide bonds. The van der Waals surface area contributed by atoms with Crippen molar-refractivity contribution < 1.29 is 121 Å². The second-order valence-corrected chi connectivity index (χ2v) is 40.4. The molecule has 788 valence electrons. The molecular formula is C128H148Ir4N8O8-4. The largest absolute Gasteiger partial charge is 0.393 e. The van der Waals surface area contributed by atoms with Gasteiger partial charge in [-0.2, -0.15) is 0 Å². The molecule has 12 aromatic carbocycles. The Hall–Kier alpha value is -10.8. The van der Waals surface area contributed by atoms with Gasteiger partial charge < -0.3 is 60.8 Å². The summed E-state index contributed by atoms with van der Waals surface area (Å²) in [7, 11) is 0. The van der Waals surface area contributed by atoms with Gasteiger partial charge in [0.15, 0.2) is 0 Å². The van der Waals surface area contributed by atoms with E-state index < -0.39 is 18.3 Å². The van der Waals surface area contributed by atoms with E-state index in [0.717, 1.165) is 154 Å². The molecule has 0 spiro atoms. The molecule has 16 nitrogen and oxygen atoms in total. The van der Waals surface area contributed by atoms with Crippen molar-refractivity contribution in [2.24, 2.45) is 39.9 Å². The van der Waals surface area contributed by atoms with E-state index in [0.29, 0.717) is 37.5 Å². The van der Waals surface area contributed by atoms with Crippen LogP contribution in [0.5, 0.6) is 0 Å². The van der Waals surface area contributed by atoms with Crippen LogP contribution >= 0.6 is 0 Å². The minimum absolute atomic E-state index is 0. The van der Waals surface area contributed by atoms with Gasteiger partial charge in [0.2, 0.25) is 0 Å². The van der Waals surface area contributed by atoms with Gasteiger partial charge in [0.05, 0.1) is 94.4 Å². The Morgan fingerprint density at radius 1 is 0.236 bits per heavy atom. The van der Waals surface area contributed by atoms with Crippen LogP contribution in [0.2, 0.25) is 0 Å². The van der Waals surface area contributed by atoms with Crippen LogP contribution in [0.4, 0.5) is 0 Å². The normalized spacial score (nSPS) is 12.5. The quantitative estimate of drug-likeness (QED) is 0.0212. The van der Waals surface area contributed by atoms with E-state index in [9.17, 15) is 35.7 Å². The van der Waals surface area contributed by atoms with Gasteiger partial charge in [0, 0.05) is 157 Å². The Balaban J connectivity index is 0.000000303. The first kappa shape index (κ1) is 128. The number of benzene rings is 12. The molecule has 4 radical (unpaired) electrons. The number of rotatable bonds is 28. The Morgan fingerprint density at radius 3 is 0.635 bits per heavy atom. The molecule has 0 fully saturated rings. The molecule has 0 aliphatic heterocycles. The summed E-state index contributed by atoms with van der Waals surface area (Å²) in [6.07, 6.45) is 8.64. The second kappa shape index (κ2) is 66.0. The van der Waals surface area contributed by atoms with Crippen LogP contribution in [0.15, 0.2) is 365 Å². The second-order valence-electron chi connectivity index (χ2n) is 40.4. The van der Waals surface area contributed by atoms with E-state index >= 15 is 0 Å². The summed E-state index contributed by atoms with van der Waals surface area (Å²) in [4.78, 5) is 38.5. The summed E-state index contributed by atoms with van der Waals surface area (Å²) in [5, 5.41) is 76.0. The number of nitrogens with zero attached hydrogens (tertiary/aromatic N) is 8. The van der Waals surface area contributed by atoms with Gasteiger partial charge in [-0.25, -0.2) is 0 Å². The third-order valence-corrected chi connectivity index (χ3v) is 24.3. The molecule has 4 heterocycles. The first-order chi connectivity index (χ1) is 69.0. The minimum Gasteiger partial charge on any atom is -0.393 e. The zero-order valence-electron chi connectivity index (χ0n) is 88.5. The molecule has 8 unspecified atom stereocenters. The van der Waals surface area contributed by atoms with Crippen molar-refractivity contribution in [3.05, 3.63) is 389 Å². The molecule has 16 aromatic rings. The van der Waals surface area contributed by atoms with E-state index in [-0.39, 0.29) is 139 Å². The van der Waals surface area contributed by atoms with Crippen molar-refractivity contribution in [3.8, 4) is 135 Å². The third kappa shape index (κ3) is 42.9. The summed E-state index contributed by atoms with van der Waals surface area (Å²) in [6, 6.07) is 126. The van der Waals surface area contributed by atoms with Crippen LogP contribution in [-0.2, 0) is 80.4 Å². The van der Waals surface area contributed by atoms with Crippen LogP contribution < -0.4 is 0 Å². The van der Waals surface area contributed by atoms with Crippen molar-refractivity contribution in [3.63, 3.8) is 0 Å². The summed E-state index contributed by atoms with van der Waals surface area (Å²) in [5.74, 6) is 1.47. The van der Waals surface area contributed by atoms with Crippen molar-refractivity contribution in [2.75, 3.05) is 0 Å². The van der Waals surface area contributed by atoms with Crippen LogP contribution in [-0.4, -0.2) is 130 Å². The van der Waals surface area contributed by atoms with E-state index in [1.807, 2.05) is 399 Å². The van der Waals surface area contributed by atoms with Crippen molar-refractivity contribution in [1.82, 2.24) is 39.9 Å². The summed E-state index contributed by atoms with van der Waals surface area (Å²) in [6.45, 7) is 35.9. The number of hydrogen-bond donors (Lipinski definition) is 8. The van der Waals surface area contributed by atoms with Gasteiger partial charge in [0.1, 0.15) is 0 Å². The Kier molecular flexibility index (Phi) is 57.0. The molecule has 0 aliphatic rings. The van der Waals surface area contributed by atoms with Gasteiger partial charge in [-0.3, -0.25) is 19.9 Å². The topological polar surface area (TPSA) is 265 Å². The number of aliphatic hydroxyl groups is 8. The molecule has 0 saturated heterocycles. The SMILES string of the molecule is CC(C)C(O)CC(O)C(C)C.CC(C)CC(O)CC(C)O.CC(C)CC(O)CC(O)C(C)(C)C.CCC(C)(C)C(O)CC(O)C(C)(C)C.[Ir].[Ir].[Ir].[Ir].[c-]1ccccc1-c1ncc(-c2ccccc2)nc1-c1ccccc1.[c-]1ccccc1-c1ncc(-c2ccccc2)nc1-c1ccccc1.[c-]1ccccc1-c1ncc(-c2ccccc2)nc1-c1ccccc1.[c-]1ccccc1-c1ncc(-c2ccccc2)nc1-c1ccccc1. The van der Waals surface area contributed by atoms with Gasteiger partial charge in [-0.05, 0) is 108 Å². The van der Waals surface area contributed by atoms with Gasteiger partial charge in [0.25, 0.3) is 0 Å². The van der Waals surface area contributed by atoms with E-state index in [1.54, 1.807) is 6.92 Å². The fraction of sp³-hybridized carbons (Fsp3) is 0.312. The molecule has 4 aromatic heterocycles. The van der Waals surface area contributed by atoms with Crippen LogP contribution in [0.25, 0.3) is 135 Å². The average Bonchev–Trinajstić information content (AvgIpc) is 0.808. The Labute approximate surface area is 935 Å². The summed E-state index contributed by atoms with van der Waals surface area (Å²) in [5.41, 5.74) is 22.2. The van der Waals surface area contributed by atoms with E-state index in [4.69, 9.17) is 45.0 Å². The van der Waals surface area contributed by atoms with Crippen LogP contribution in [0.1, 0.15) is 170 Å². The monoisotopic (exact) mass is 2700 g/mol. The number of aliphatic hydroxyl groups excluding tert-OH is 8. The summed E-state index contributed by atoms with van der Waals surface area (Å²) >= 11 is 0. The molecule has 0 bridgehead atoms. The Bertz CT molecular complexity index is 5610. The third-order valence-electron chi connectivity index (χ3n) is 24.3. The molecule has 16 rings (SSSR count). The predicted octanol–water partition coefficient (Wildman–Crippen LogP) is 28.4. The van der Waals surface area contributed by atoms with Gasteiger partial charge >= 0.3 is 0 Å². The molecule has 0 saturated carbocycles. The molecular weight excluding hydrogens is 2550 g/mol. The number of hydrogen-bond acceptors (Lipinski definition) is 16. The number of aromatic nitrogens is 8. The zero-order valence-corrected chi connectivity index (χ0v) is 98.1. The standard InChI is InChI=1S/4C22H15N2.C12H26O2.C11H24O2.C9H20O2.C8H18O2.4Ir/c4*1-4-10-17(11-5-1)20-16-23-21(18-12-6-2-7-13-18)22(24-20)19-14-8-3-9-15-19;1-7-12(5,6)10(14)8-9(13)11(2,3)4;1-8(2)6-9(12)7-10(13)11(3,4)5;1-6(2)8(10)5-9(11)7(3)4;1-6(2)4-8(10)5-7(3)9;;;;/h4*1-12,14-16H;9-10,13-14H,7-8H2,1-6H3;8-10,12-13H,6-7H2,1-5H3;6-11H,5H2,1-4H3;6-10H,4-5H2,1-3H3;;;;/q4*-1;;;;;;;;. The van der Waals surface area contributed by atoms with E-state index in [1.165, 1.54) is 0 Å². The molecule has 148 heavy (non-hydrogen) atoms.